The molecule has 1 aromatic heterocycles. The van der Waals surface area contributed by atoms with Crippen LogP contribution in [-0.2, 0) is 7.05 Å². The van der Waals surface area contributed by atoms with E-state index in [2.05, 4.69) is 13.2 Å². The van der Waals surface area contributed by atoms with Gasteiger partial charge in [0.15, 0.2) is 0 Å². The molecule has 0 aliphatic rings. The van der Waals surface area contributed by atoms with Crippen molar-refractivity contribution >= 4 is 12.7 Å². The maximum absolute atomic E-state index is 3.86. The number of allylic oxidation sites excluding steroid dienone is 1. The average Bonchev–Trinajstić information content (AvgIpc) is 2.20. The lowest BCUT2D eigenvalue weighted by atomic mass is 10.4. The average molecular weight is 133 g/mol. The van der Waals surface area contributed by atoms with Gasteiger partial charge in [-0.2, -0.15) is 0 Å². The van der Waals surface area contributed by atoms with Crippen molar-refractivity contribution in [2.45, 2.75) is 0 Å². The highest BCUT2D eigenvalue weighted by Gasteiger charge is 1.84. The molecule has 0 saturated carbocycles. The largest absolute Gasteiger partial charge is 0.351 e. The maximum atomic E-state index is 3.86. The van der Waals surface area contributed by atoms with Gasteiger partial charge in [0.25, 0.3) is 0 Å². The monoisotopic (exact) mass is 133 g/mol. The molecule has 1 nitrogen and oxygen atoms in total. The molecule has 0 amide bonds. The van der Waals surface area contributed by atoms with E-state index < -0.39 is 0 Å². The number of rotatable bonds is 1. The highest BCUT2D eigenvalue weighted by atomic mass is 14.9. The second kappa shape index (κ2) is 2.56. The van der Waals surface area contributed by atoms with Gasteiger partial charge in [-0.05, 0) is 17.4 Å². The van der Waals surface area contributed by atoms with Crippen molar-refractivity contribution < 1.29 is 0 Å². The Morgan fingerprint density at radius 1 is 1.60 bits per heavy atom. The van der Waals surface area contributed by atoms with Gasteiger partial charge in [0.2, 0.25) is 0 Å². The van der Waals surface area contributed by atoms with Gasteiger partial charge in [-0.3, -0.25) is 0 Å². The number of aromatic nitrogens is 1. The summed E-state index contributed by atoms with van der Waals surface area (Å²) in [6.45, 7) is 7.48. The normalized spacial score (nSPS) is 11.9. The van der Waals surface area contributed by atoms with E-state index in [0.717, 1.165) is 10.6 Å². The molecular formula is C9H11N. The fourth-order valence-electron chi connectivity index (χ4n) is 0.930. The first-order chi connectivity index (χ1) is 4.75. The van der Waals surface area contributed by atoms with Crippen molar-refractivity contribution in [2.24, 2.45) is 7.05 Å². The molecular weight excluding hydrogens is 122 g/mol. The lowest BCUT2D eigenvalue weighted by Crippen LogP contribution is -2.25. The number of hydrogen-bond acceptors (Lipinski definition) is 0. The minimum absolute atomic E-state index is 1.04. The molecule has 0 aromatic carbocycles. The molecule has 0 bridgehead atoms. The first kappa shape index (κ1) is 6.87. The Hall–Kier alpha value is -1.24. The maximum Gasteiger partial charge on any atom is 0.0471 e. The van der Waals surface area contributed by atoms with Crippen LogP contribution in [0, 0.1) is 0 Å². The molecule has 1 aromatic rings. The molecule has 10 heavy (non-hydrogen) atoms. The van der Waals surface area contributed by atoms with Gasteiger partial charge in [-0.1, -0.05) is 19.2 Å². The van der Waals surface area contributed by atoms with E-state index >= 15 is 0 Å². The predicted octanol–water partition coefficient (Wildman–Crippen LogP) is 0.402. The summed E-state index contributed by atoms with van der Waals surface area (Å²) in [6.07, 6.45) is 5.70. The minimum atomic E-state index is 1.04. The number of hydrogen-bond donors (Lipinski definition) is 0. The van der Waals surface area contributed by atoms with Gasteiger partial charge in [0, 0.05) is 18.6 Å². The van der Waals surface area contributed by atoms with E-state index in [0.29, 0.717) is 0 Å². The quantitative estimate of drug-likeness (QED) is 0.522. The van der Waals surface area contributed by atoms with E-state index in [1.807, 2.05) is 30.0 Å². The molecule has 0 radical (unpaired) electrons. The summed E-state index contributed by atoms with van der Waals surface area (Å²) in [5.74, 6) is 0. The zero-order valence-electron chi connectivity index (χ0n) is 6.17. The van der Waals surface area contributed by atoms with Crippen LogP contribution in [0.25, 0.3) is 12.7 Å². The smallest absolute Gasteiger partial charge is 0.0471 e. The molecule has 0 saturated heterocycles. The fraction of sp³-hybridized carbons (Fsp3) is 0.111. The molecule has 0 atom stereocenters. The Morgan fingerprint density at radius 3 is 2.70 bits per heavy atom. The summed E-state index contributed by atoms with van der Waals surface area (Å²) in [4.78, 5) is 0. The second-order valence-electron chi connectivity index (χ2n) is 2.24. The third-order valence-corrected chi connectivity index (χ3v) is 1.48. The van der Waals surface area contributed by atoms with Crippen LogP contribution in [0.4, 0.5) is 0 Å². The number of nitrogens with zero attached hydrogens (tertiary/aromatic N) is 1. The zero-order chi connectivity index (χ0) is 7.56. The van der Waals surface area contributed by atoms with Gasteiger partial charge in [-0.25, -0.2) is 0 Å². The lowest BCUT2D eigenvalue weighted by molar-refractivity contribution is 0.889. The molecule has 0 N–H and O–H groups in total. The molecule has 0 aliphatic carbocycles. The van der Waals surface area contributed by atoms with Crippen molar-refractivity contribution in [3.05, 3.63) is 35.5 Å². The predicted molar refractivity (Wildman–Crippen MR) is 44.8 cm³/mol. The molecule has 1 heteroatoms. The Bertz CT molecular complexity index is 330. The molecule has 1 heterocycles. The summed E-state index contributed by atoms with van der Waals surface area (Å²) in [5.41, 5.74) is 0. The minimum Gasteiger partial charge on any atom is -0.351 e. The summed E-state index contributed by atoms with van der Waals surface area (Å²) in [6, 6.07) is 1.98. The molecule has 0 spiro atoms. The second-order valence-corrected chi connectivity index (χ2v) is 2.24. The van der Waals surface area contributed by atoms with Crippen LogP contribution in [0.5, 0.6) is 0 Å². The highest BCUT2D eigenvalue weighted by molar-refractivity contribution is 5.33. The van der Waals surface area contributed by atoms with Crippen LogP contribution in [0.1, 0.15) is 0 Å². The van der Waals surface area contributed by atoms with E-state index in [4.69, 9.17) is 0 Å². The van der Waals surface area contributed by atoms with Crippen LogP contribution in [-0.4, -0.2) is 4.57 Å². The Morgan fingerprint density at radius 2 is 2.30 bits per heavy atom. The van der Waals surface area contributed by atoms with Crippen molar-refractivity contribution in [2.75, 3.05) is 0 Å². The number of aryl methyl sites for hydroxylation is 1. The first-order valence-corrected chi connectivity index (χ1v) is 3.18. The molecule has 52 valence electrons. The zero-order valence-corrected chi connectivity index (χ0v) is 6.17. The van der Waals surface area contributed by atoms with Gasteiger partial charge in [0.1, 0.15) is 0 Å². The Kier molecular flexibility index (Phi) is 1.76. The van der Waals surface area contributed by atoms with E-state index in [1.54, 1.807) is 6.08 Å². The third kappa shape index (κ3) is 1.03. The summed E-state index contributed by atoms with van der Waals surface area (Å²) < 4.78 is 2.02. The van der Waals surface area contributed by atoms with E-state index in [9.17, 15) is 0 Å². The van der Waals surface area contributed by atoms with Crippen LogP contribution in [0.3, 0.4) is 0 Å². The topological polar surface area (TPSA) is 4.93 Å². The summed E-state index contributed by atoms with van der Waals surface area (Å²) in [5, 5.41) is 2.16. The molecule has 0 unspecified atom stereocenters. The Labute approximate surface area is 60.6 Å². The van der Waals surface area contributed by atoms with Crippen molar-refractivity contribution in [1.29, 1.82) is 0 Å². The summed E-state index contributed by atoms with van der Waals surface area (Å²) >= 11 is 0. The van der Waals surface area contributed by atoms with Crippen molar-refractivity contribution in [3.63, 3.8) is 0 Å². The SMILES string of the molecule is C=C/C=c1\c(=C)ccn1C. The van der Waals surface area contributed by atoms with Crippen molar-refractivity contribution in [1.82, 2.24) is 4.57 Å². The molecule has 1 rings (SSSR count). The van der Waals surface area contributed by atoms with Gasteiger partial charge < -0.3 is 4.57 Å². The van der Waals surface area contributed by atoms with Crippen LogP contribution in [0.2, 0.25) is 0 Å². The van der Waals surface area contributed by atoms with Crippen LogP contribution >= 0.6 is 0 Å². The van der Waals surface area contributed by atoms with Gasteiger partial charge in [0.05, 0.1) is 0 Å². The van der Waals surface area contributed by atoms with E-state index in [-0.39, 0.29) is 0 Å². The summed E-state index contributed by atoms with van der Waals surface area (Å²) in [7, 11) is 1.99. The lowest BCUT2D eigenvalue weighted by Gasteiger charge is -1.87. The van der Waals surface area contributed by atoms with Crippen molar-refractivity contribution in [3.8, 4) is 0 Å². The van der Waals surface area contributed by atoms with Crippen LogP contribution < -0.4 is 10.6 Å². The fourth-order valence-corrected chi connectivity index (χ4v) is 0.930. The highest BCUT2D eigenvalue weighted by Crippen LogP contribution is 1.69. The van der Waals surface area contributed by atoms with Gasteiger partial charge in [-0.15, -0.1) is 0 Å². The standard InChI is InChI=1S/C9H11N/c1-4-5-9-8(2)6-7-10(9)3/h4-7H,1-2H2,3H3/b9-5+. The van der Waals surface area contributed by atoms with Crippen LogP contribution in [0.15, 0.2) is 24.9 Å². The van der Waals surface area contributed by atoms with E-state index in [1.165, 1.54) is 0 Å². The molecule has 0 fully saturated rings. The van der Waals surface area contributed by atoms with Gasteiger partial charge >= 0.3 is 0 Å². The first-order valence-electron chi connectivity index (χ1n) is 3.18. The third-order valence-electron chi connectivity index (χ3n) is 1.48. The Balaban J connectivity index is 3.51. The molecule has 0 aliphatic heterocycles.